The van der Waals surface area contributed by atoms with Crippen LogP contribution >= 0.6 is 31.9 Å². The van der Waals surface area contributed by atoms with E-state index in [1.54, 1.807) is 10.9 Å². The van der Waals surface area contributed by atoms with Gasteiger partial charge in [0.1, 0.15) is 5.82 Å². The second-order valence-corrected chi connectivity index (χ2v) is 5.95. The number of nitrogens with two attached hydrogens (primary N) is 1. The van der Waals surface area contributed by atoms with Gasteiger partial charge in [-0.3, -0.25) is 0 Å². The van der Waals surface area contributed by atoms with E-state index in [-0.39, 0.29) is 0 Å². The average Bonchev–Trinajstić information content (AvgIpc) is 2.82. The van der Waals surface area contributed by atoms with E-state index in [0.29, 0.717) is 11.6 Å². The van der Waals surface area contributed by atoms with Crippen LogP contribution in [0.1, 0.15) is 0 Å². The molecule has 0 aliphatic carbocycles. The van der Waals surface area contributed by atoms with E-state index >= 15 is 0 Å². The fourth-order valence-corrected chi connectivity index (χ4v) is 2.60. The second kappa shape index (κ2) is 5.38. The molecule has 6 heteroatoms. The number of anilines is 1. The normalized spacial score (nSPS) is 10.7. The smallest absolute Gasteiger partial charge is 0.155 e. The number of nitrogens with zero attached hydrogens (tertiary/aromatic N) is 3. The number of rotatable bonds is 2. The van der Waals surface area contributed by atoms with Crippen molar-refractivity contribution < 1.29 is 0 Å². The largest absolute Gasteiger partial charge is 0.384 e. The molecule has 0 atom stereocenters. The van der Waals surface area contributed by atoms with Crippen molar-refractivity contribution in [2.45, 2.75) is 0 Å². The third-order valence-electron chi connectivity index (χ3n) is 2.82. The van der Waals surface area contributed by atoms with Gasteiger partial charge in [0.25, 0.3) is 0 Å². The second-order valence-electron chi connectivity index (χ2n) is 4.18. The van der Waals surface area contributed by atoms with Crippen molar-refractivity contribution in [3.8, 4) is 17.1 Å². The van der Waals surface area contributed by atoms with E-state index in [9.17, 15) is 0 Å². The van der Waals surface area contributed by atoms with Gasteiger partial charge in [-0.1, -0.05) is 34.1 Å². The minimum atomic E-state index is 0.547. The molecule has 0 radical (unpaired) electrons. The highest BCUT2D eigenvalue weighted by Crippen LogP contribution is 2.28. The number of pyridine rings is 1. The minimum absolute atomic E-state index is 0.547. The fourth-order valence-electron chi connectivity index (χ4n) is 1.87. The van der Waals surface area contributed by atoms with Crippen molar-refractivity contribution in [3.63, 3.8) is 0 Å². The molecule has 0 amide bonds. The van der Waals surface area contributed by atoms with Gasteiger partial charge in [-0.2, -0.15) is 9.78 Å². The van der Waals surface area contributed by atoms with Crippen molar-refractivity contribution in [2.75, 3.05) is 5.73 Å². The van der Waals surface area contributed by atoms with Gasteiger partial charge >= 0.3 is 0 Å². The molecule has 0 unspecified atom stereocenters. The third kappa shape index (κ3) is 2.48. The van der Waals surface area contributed by atoms with Crippen molar-refractivity contribution in [2.24, 2.45) is 0 Å². The van der Waals surface area contributed by atoms with Crippen molar-refractivity contribution in [1.82, 2.24) is 14.8 Å². The zero-order valence-electron chi connectivity index (χ0n) is 10.3. The zero-order valence-corrected chi connectivity index (χ0v) is 13.5. The lowest BCUT2D eigenvalue weighted by Gasteiger charge is -2.02. The number of aromatic nitrogens is 3. The van der Waals surface area contributed by atoms with Crippen LogP contribution in [-0.4, -0.2) is 14.8 Å². The van der Waals surface area contributed by atoms with Gasteiger partial charge in [0.2, 0.25) is 0 Å². The fraction of sp³-hybridized carbons (Fsp3) is 0. The first-order valence-corrected chi connectivity index (χ1v) is 7.46. The van der Waals surface area contributed by atoms with Gasteiger partial charge in [0.15, 0.2) is 5.82 Å². The number of hydrogen-bond acceptors (Lipinski definition) is 3. The summed E-state index contributed by atoms with van der Waals surface area (Å²) < 4.78 is 3.52. The monoisotopic (exact) mass is 392 g/mol. The molecule has 0 aliphatic heterocycles. The van der Waals surface area contributed by atoms with Crippen LogP contribution in [0.2, 0.25) is 0 Å². The summed E-state index contributed by atoms with van der Waals surface area (Å²) in [6.07, 6.45) is 1.72. The molecular formula is C14H10Br2N4. The first kappa shape index (κ1) is 13.3. The summed E-state index contributed by atoms with van der Waals surface area (Å²) >= 11 is 6.88. The summed E-state index contributed by atoms with van der Waals surface area (Å²) in [4.78, 5) is 4.30. The predicted octanol–water partition coefficient (Wildman–Crippen LogP) is 4.04. The number of hydrogen-bond donors (Lipinski definition) is 1. The predicted molar refractivity (Wildman–Crippen MR) is 86.6 cm³/mol. The van der Waals surface area contributed by atoms with Crippen LogP contribution in [0.3, 0.4) is 0 Å². The Morgan fingerprint density at radius 3 is 2.55 bits per heavy atom. The maximum absolute atomic E-state index is 6.03. The molecule has 2 N–H and O–H groups in total. The van der Waals surface area contributed by atoms with Crippen molar-refractivity contribution in [3.05, 3.63) is 57.6 Å². The summed E-state index contributed by atoms with van der Waals surface area (Å²) in [6, 6.07) is 13.5. The Kier molecular flexibility index (Phi) is 3.58. The Hall–Kier alpha value is -1.66. The highest BCUT2D eigenvalue weighted by atomic mass is 79.9. The molecule has 4 nitrogen and oxygen atoms in total. The Morgan fingerprint density at radius 2 is 1.85 bits per heavy atom. The number of benzene rings is 1. The molecule has 100 valence electrons. The van der Waals surface area contributed by atoms with E-state index in [1.807, 2.05) is 42.5 Å². The summed E-state index contributed by atoms with van der Waals surface area (Å²) in [5.74, 6) is 1.23. The van der Waals surface area contributed by atoms with Gasteiger partial charge in [-0.15, -0.1) is 0 Å². The third-order valence-corrected chi connectivity index (χ3v) is 3.98. The molecule has 3 rings (SSSR count). The van der Waals surface area contributed by atoms with Crippen LogP contribution in [-0.2, 0) is 0 Å². The highest BCUT2D eigenvalue weighted by Gasteiger charge is 2.11. The van der Waals surface area contributed by atoms with Crippen LogP contribution in [0.15, 0.2) is 57.6 Å². The van der Waals surface area contributed by atoms with E-state index in [2.05, 4.69) is 41.9 Å². The first-order chi connectivity index (χ1) is 9.65. The van der Waals surface area contributed by atoms with E-state index in [0.717, 1.165) is 20.2 Å². The first-order valence-electron chi connectivity index (χ1n) is 5.87. The quantitative estimate of drug-likeness (QED) is 0.714. The molecule has 0 saturated heterocycles. The molecule has 0 bridgehead atoms. The minimum Gasteiger partial charge on any atom is -0.384 e. The standard InChI is InChI=1S/C14H10Br2N4/c15-9-5-6-14(18-8-9)20-13(17)7-12(19-20)10-3-1-2-4-11(10)16/h1-8H,17H2. The summed E-state index contributed by atoms with van der Waals surface area (Å²) in [7, 11) is 0. The molecule has 3 aromatic rings. The molecule has 20 heavy (non-hydrogen) atoms. The Labute approximate surface area is 132 Å². The van der Waals surface area contributed by atoms with Gasteiger partial charge in [-0.05, 0) is 34.1 Å². The molecule has 2 aromatic heterocycles. The molecule has 0 fully saturated rings. The van der Waals surface area contributed by atoms with Gasteiger partial charge < -0.3 is 5.73 Å². The van der Waals surface area contributed by atoms with Crippen molar-refractivity contribution in [1.29, 1.82) is 0 Å². The number of halogens is 2. The number of nitrogen functional groups attached to an aromatic ring is 1. The summed E-state index contributed by atoms with van der Waals surface area (Å²) in [5, 5.41) is 4.52. The van der Waals surface area contributed by atoms with E-state index in [1.165, 1.54) is 0 Å². The van der Waals surface area contributed by atoms with Gasteiger partial charge in [0, 0.05) is 26.8 Å². The van der Waals surface area contributed by atoms with Crippen LogP contribution in [0.4, 0.5) is 5.82 Å². The van der Waals surface area contributed by atoms with Crippen LogP contribution in [0, 0.1) is 0 Å². The zero-order chi connectivity index (χ0) is 14.1. The lowest BCUT2D eigenvalue weighted by Crippen LogP contribution is -2.03. The van der Waals surface area contributed by atoms with Gasteiger partial charge in [0.05, 0.1) is 5.69 Å². The highest BCUT2D eigenvalue weighted by molar-refractivity contribution is 9.10. The van der Waals surface area contributed by atoms with Crippen molar-refractivity contribution >= 4 is 37.7 Å². The SMILES string of the molecule is Nc1cc(-c2ccccc2Br)nn1-c1ccc(Br)cn1. The van der Waals surface area contributed by atoms with Crippen LogP contribution in [0.25, 0.3) is 17.1 Å². The topological polar surface area (TPSA) is 56.7 Å². The van der Waals surface area contributed by atoms with Crippen LogP contribution < -0.4 is 5.73 Å². The van der Waals surface area contributed by atoms with E-state index in [4.69, 9.17) is 5.73 Å². The Bertz CT molecular complexity index is 750. The van der Waals surface area contributed by atoms with Crippen LogP contribution in [0.5, 0.6) is 0 Å². The average molecular weight is 394 g/mol. The maximum Gasteiger partial charge on any atom is 0.155 e. The molecule has 0 aliphatic rings. The maximum atomic E-state index is 6.03. The molecule has 0 saturated carbocycles. The summed E-state index contributed by atoms with van der Waals surface area (Å²) in [6.45, 7) is 0. The Morgan fingerprint density at radius 1 is 1.05 bits per heavy atom. The lowest BCUT2D eigenvalue weighted by molar-refractivity contribution is 0.859. The summed E-state index contributed by atoms with van der Waals surface area (Å²) in [5.41, 5.74) is 7.83. The molecule has 0 spiro atoms. The molecule has 2 heterocycles. The van der Waals surface area contributed by atoms with E-state index < -0.39 is 0 Å². The molecule has 1 aromatic carbocycles. The Balaban J connectivity index is 2.08. The lowest BCUT2D eigenvalue weighted by atomic mass is 10.1. The molecular weight excluding hydrogens is 384 g/mol. The van der Waals surface area contributed by atoms with Gasteiger partial charge in [-0.25, -0.2) is 4.98 Å².